The lowest BCUT2D eigenvalue weighted by Gasteiger charge is -2.27. The summed E-state index contributed by atoms with van der Waals surface area (Å²) in [5.74, 6) is -0.120. The lowest BCUT2D eigenvalue weighted by Crippen LogP contribution is -2.34. The van der Waals surface area contributed by atoms with Crippen LogP contribution in [0.5, 0.6) is 0 Å². The minimum Gasteiger partial charge on any atom is -0.393 e. The molecular weight excluding hydrogens is 488 g/mol. The van der Waals surface area contributed by atoms with Gasteiger partial charge in [-0.2, -0.15) is 0 Å². The largest absolute Gasteiger partial charge is 0.393 e. The Morgan fingerprint density at radius 2 is 2.03 bits per heavy atom. The SMILES string of the molecule is C[C@H]1CCCN1C(O)c1nc(C(=O)NC2CC[C@H](O)C2)sc1-c1cnc(NC(C)(C)C)cc1C(F)F. The van der Waals surface area contributed by atoms with Gasteiger partial charge in [-0.3, -0.25) is 9.69 Å². The quantitative estimate of drug-likeness (QED) is 0.424. The van der Waals surface area contributed by atoms with Gasteiger partial charge in [-0.15, -0.1) is 11.3 Å². The first-order valence-electron chi connectivity index (χ1n) is 12.4. The summed E-state index contributed by atoms with van der Waals surface area (Å²) in [6.45, 7) is 8.38. The number of carbonyl (C=O) groups excluding carboxylic acids is 1. The Labute approximate surface area is 214 Å². The summed E-state index contributed by atoms with van der Waals surface area (Å²) < 4.78 is 28.5. The van der Waals surface area contributed by atoms with Crippen molar-refractivity contribution >= 4 is 23.1 Å². The molecule has 2 aromatic rings. The molecule has 2 aromatic heterocycles. The standard InChI is InChI=1S/C25H35F2N5O3S/c1-13-6-5-9-32(13)24(35)19-20(36-23(30-19)22(34)29-14-7-8-15(33)10-14)17-12-28-18(31-25(2,3)4)11-16(17)21(26)27/h11-15,21,24,33,35H,5-10H2,1-4H3,(H,28,31)(H,29,34)/t13-,14?,15-,24?/m0/s1. The number of anilines is 1. The van der Waals surface area contributed by atoms with Crippen LogP contribution in [-0.4, -0.2) is 61.3 Å². The first-order valence-corrected chi connectivity index (χ1v) is 13.2. The minimum absolute atomic E-state index is 0.0874. The molecule has 8 nitrogen and oxygen atoms in total. The maximum atomic E-state index is 14.2. The molecule has 0 spiro atoms. The van der Waals surface area contributed by atoms with Gasteiger partial charge < -0.3 is 20.8 Å². The molecular formula is C25H35F2N5O3S. The average molecular weight is 524 g/mol. The van der Waals surface area contributed by atoms with Crippen molar-refractivity contribution in [1.29, 1.82) is 0 Å². The molecule has 0 radical (unpaired) electrons. The lowest BCUT2D eigenvalue weighted by molar-refractivity contribution is -0.00523. The van der Waals surface area contributed by atoms with Crippen LogP contribution in [0.3, 0.4) is 0 Å². The highest BCUT2D eigenvalue weighted by Crippen LogP contribution is 2.41. The number of carbonyl (C=O) groups is 1. The van der Waals surface area contributed by atoms with Gasteiger partial charge in [0.2, 0.25) is 0 Å². The second-order valence-corrected chi connectivity index (χ2v) is 11.8. The number of pyridine rings is 1. The summed E-state index contributed by atoms with van der Waals surface area (Å²) in [4.78, 5) is 24.0. The number of nitrogens with one attached hydrogen (secondary N) is 2. The molecule has 1 aliphatic carbocycles. The van der Waals surface area contributed by atoms with Gasteiger partial charge in [-0.25, -0.2) is 18.7 Å². The van der Waals surface area contributed by atoms with Gasteiger partial charge in [0.25, 0.3) is 12.3 Å². The molecule has 198 valence electrons. The van der Waals surface area contributed by atoms with Gasteiger partial charge >= 0.3 is 0 Å². The molecule has 2 unspecified atom stereocenters. The fourth-order valence-corrected chi connectivity index (χ4v) is 5.93. The molecule has 4 N–H and O–H groups in total. The number of hydrogen-bond acceptors (Lipinski definition) is 8. The monoisotopic (exact) mass is 523 g/mol. The van der Waals surface area contributed by atoms with E-state index in [0.29, 0.717) is 36.5 Å². The molecule has 0 bridgehead atoms. The van der Waals surface area contributed by atoms with E-state index in [-0.39, 0.29) is 39.5 Å². The zero-order chi connectivity index (χ0) is 26.2. The van der Waals surface area contributed by atoms with E-state index >= 15 is 0 Å². The highest BCUT2D eigenvalue weighted by atomic mass is 32.1. The van der Waals surface area contributed by atoms with Gasteiger partial charge in [0.05, 0.1) is 11.0 Å². The topological polar surface area (TPSA) is 111 Å². The van der Waals surface area contributed by atoms with Gasteiger partial charge in [-0.05, 0) is 65.9 Å². The molecule has 4 rings (SSSR count). The smallest absolute Gasteiger partial charge is 0.280 e. The van der Waals surface area contributed by atoms with Crippen LogP contribution in [0.25, 0.3) is 10.4 Å². The molecule has 2 aliphatic rings. The number of hydrogen-bond donors (Lipinski definition) is 4. The molecule has 2 fully saturated rings. The van der Waals surface area contributed by atoms with Crippen molar-refractivity contribution in [3.8, 4) is 10.4 Å². The van der Waals surface area contributed by atoms with Crippen LogP contribution >= 0.6 is 11.3 Å². The number of thiazole rings is 1. The fourth-order valence-electron chi connectivity index (χ4n) is 4.90. The minimum atomic E-state index is -2.79. The molecule has 3 heterocycles. The van der Waals surface area contributed by atoms with Crippen LogP contribution in [0, 0.1) is 0 Å². The summed E-state index contributed by atoms with van der Waals surface area (Å²) in [6, 6.07) is 1.24. The van der Waals surface area contributed by atoms with Crippen LogP contribution in [0.2, 0.25) is 0 Å². The van der Waals surface area contributed by atoms with Crippen LogP contribution in [-0.2, 0) is 0 Å². The van der Waals surface area contributed by atoms with Crippen LogP contribution in [0.1, 0.15) is 93.5 Å². The first-order chi connectivity index (χ1) is 16.9. The van der Waals surface area contributed by atoms with Crippen molar-refractivity contribution in [2.45, 2.75) is 96.2 Å². The van der Waals surface area contributed by atoms with E-state index in [4.69, 9.17) is 0 Å². The Bertz CT molecular complexity index is 1090. The van der Waals surface area contributed by atoms with Crippen molar-refractivity contribution < 1.29 is 23.8 Å². The Morgan fingerprint density at radius 1 is 1.28 bits per heavy atom. The van der Waals surface area contributed by atoms with E-state index in [1.54, 1.807) is 0 Å². The molecule has 1 saturated carbocycles. The van der Waals surface area contributed by atoms with E-state index in [0.717, 1.165) is 24.2 Å². The molecule has 1 amide bonds. The summed E-state index contributed by atoms with van der Waals surface area (Å²) in [7, 11) is 0. The first kappa shape index (κ1) is 26.8. The number of nitrogens with zero attached hydrogens (tertiary/aromatic N) is 3. The maximum absolute atomic E-state index is 14.2. The highest BCUT2D eigenvalue weighted by Gasteiger charge is 2.34. The Hall–Kier alpha value is -2.21. The van der Waals surface area contributed by atoms with Crippen molar-refractivity contribution in [1.82, 2.24) is 20.2 Å². The number of rotatable bonds is 7. The van der Waals surface area contributed by atoms with Crippen LogP contribution in [0.15, 0.2) is 12.3 Å². The Morgan fingerprint density at radius 3 is 2.61 bits per heavy atom. The van der Waals surface area contributed by atoms with Crippen molar-refractivity contribution in [2.24, 2.45) is 0 Å². The number of alkyl halides is 2. The zero-order valence-electron chi connectivity index (χ0n) is 21.1. The van der Waals surface area contributed by atoms with E-state index in [1.165, 1.54) is 12.3 Å². The summed E-state index contributed by atoms with van der Waals surface area (Å²) in [5.41, 5.74) is -0.275. The Kier molecular flexibility index (Phi) is 7.94. The predicted octanol–water partition coefficient (Wildman–Crippen LogP) is 4.47. The van der Waals surface area contributed by atoms with Crippen molar-refractivity contribution in [2.75, 3.05) is 11.9 Å². The second-order valence-electron chi connectivity index (χ2n) is 10.8. The van der Waals surface area contributed by atoms with Crippen molar-refractivity contribution in [3.63, 3.8) is 0 Å². The maximum Gasteiger partial charge on any atom is 0.280 e. The molecule has 1 aliphatic heterocycles. The highest BCUT2D eigenvalue weighted by molar-refractivity contribution is 7.17. The molecule has 4 atom stereocenters. The number of likely N-dealkylation sites (tertiary alicyclic amines) is 1. The Balaban J connectivity index is 1.74. The molecule has 36 heavy (non-hydrogen) atoms. The summed E-state index contributed by atoms with van der Waals surface area (Å²) in [5, 5.41) is 27.1. The number of amides is 1. The normalized spacial score (nSPS) is 23.9. The van der Waals surface area contributed by atoms with E-state index in [2.05, 4.69) is 20.6 Å². The van der Waals surface area contributed by atoms with Gasteiger partial charge in [0.1, 0.15) is 11.5 Å². The van der Waals surface area contributed by atoms with Crippen LogP contribution in [0.4, 0.5) is 14.6 Å². The number of aliphatic hydroxyl groups excluding tert-OH is 2. The number of halogens is 2. The van der Waals surface area contributed by atoms with E-state index < -0.39 is 24.7 Å². The molecule has 11 heteroatoms. The number of aromatic nitrogens is 2. The molecule has 0 aromatic carbocycles. The molecule has 1 saturated heterocycles. The third-order valence-electron chi connectivity index (χ3n) is 6.67. The third-order valence-corrected chi connectivity index (χ3v) is 7.77. The summed E-state index contributed by atoms with van der Waals surface area (Å²) >= 11 is 0.978. The van der Waals surface area contributed by atoms with Gasteiger partial charge in [0.15, 0.2) is 11.2 Å². The van der Waals surface area contributed by atoms with E-state index in [9.17, 15) is 23.8 Å². The van der Waals surface area contributed by atoms with E-state index in [1.807, 2.05) is 32.6 Å². The summed E-state index contributed by atoms with van der Waals surface area (Å²) in [6.07, 6.45) is 0.540. The van der Waals surface area contributed by atoms with Crippen molar-refractivity contribution in [3.05, 3.63) is 28.5 Å². The third kappa shape index (κ3) is 6.01. The average Bonchev–Trinajstić information content (AvgIpc) is 3.52. The predicted molar refractivity (Wildman–Crippen MR) is 135 cm³/mol. The zero-order valence-corrected chi connectivity index (χ0v) is 21.9. The fraction of sp³-hybridized carbons (Fsp3) is 0.640. The number of aliphatic hydroxyl groups is 2. The van der Waals surface area contributed by atoms with Crippen LogP contribution < -0.4 is 10.6 Å². The van der Waals surface area contributed by atoms with Gasteiger partial charge in [0, 0.05) is 41.5 Å². The lowest BCUT2D eigenvalue weighted by atomic mass is 10.1. The second kappa shape index (κ2) is 10.6. The van der Waals surface area contributed by atoms with Gasteiger partial charge in [-0.1, -0.05) is 0 Å².